The Bertz CT molecular complexity index is 1140. The zero-order chi connectivity index (χ0) is 23.0. The van der Waals surface area contributed by atoms with Crippen LogP contribution in [0.15, 0.2) is 41.0 Å². The van der Waals surface area contributed by atoms with Gasteiger partial charge in [-0.2, -0.15) is 0 Å². The van der Waals surface area contributed by atoms with Gasteiger partial charge in [0.05, 0.1) is 10.9 Å². The molecule has 0 bridgehead atoms. The number of piperidine rings is 1. The molecular formula is C27H33BrN2O2. The Hall–Kier alpha value is -2.11. The van der Waals surface area contributed by atoms with Crippen molar-refractivity contribution in [2.75, 3.05) is 6.54 Å². The molecule has 2 heterocycles. The summed E-state index contributed by atoms with van der Waals surface area (Å²) in [7, 11) is 0. The van der Waals surface area contributed by atoms with Crippen molar-refractivity contribution in [3.05, 3.63) is 63.3 Å². The van der Waals surface area contributed by atoms with Gasteiger partial charge in [0.1, 0.15) is 0 Å². The number of carbonyl (C=O) groups is 1. The quantitative estimate of drug-likeness (QED) is 0.387. The summed E-state index contributed by atoms with van der Waals surface area (Å²) in [6.45, 7) is 11.8. The van der Waals surface area contributed by atoms with Crippen LogP contribution in [0.25, 0.3) is 10.9 Å². The van der Waals surface area contributed by atoms with Gasteiger partial charge in [-0.15, -0.1) is 0 Å². The number of likely N-dealkylation sites (tertiary alicyclic amines) is 1. The number of halogens is 1. The van der Waals surface area contributed by atoms with E-state index >= 15 is 0 Å². The Kier molecular flexibility index (Phi) is 6.51. The Morgan fingerprint density at radius 2 is 1.97 bits per heavy atom. The molecule has 1 N–H and O–H groups in total. The molecule has 32 heavy (non-hydrogen) atoms. The Balaban J connectivity index is 1.74. The topological polar surface area (TPSA) is 45.3 Å². The van der Waals surface area contributed by atoms with E-state index in [-0.39, 0.29) is 5.97 Å². The maximum Gasteiger partial charge on any atom is 0.316 e. The van der Waals surface area contributed by atoms with Gasteiger partial charge in [-0.05, 0) is 88.4 Å². The summed E-state index contributed by atoms with van der Waals surface area (Å²) in [5, 5.41) is 1.04. The van der Waals surface area contributed by atoms with Crippen molar-refractivity contribution in [3.8, 4) is 5.75 Å². The molecule has 1 fully saturated rings. The van der Waals surface area contributed by atoms with Crippen molar-refractivity contribution in [2.24, 2.45) is 5.41 Å². The monoisotopic (exact) mass is 496 g/mol. The van der Waals surface area contributed by atoms with Crippen LogP contribution in [0.2, 0.25) is 0 Å². The second-order valence-corrected chi connectivity index (χ2v) is 11.0. The molecule has 1 aliphatic heterocycles. The van der Waals surface area contributed by atoms with Crippen molar-refractivity contribution in [1.29, 1.82) is 0 Å². The Morgan fingerprint density at radius 1 is 1.19 bits per heavy atom. The van der Waals surface area contributed by atoms with Crippen LogP contribution >= 0.6 is 15.9 Å². The lowest BCUT2D eigenvalue weighted by Gasteiger charge is -2.36. The molecule has 0 spiro atoms. The molecule has 2 aromatic carbocycles. The highest BCUT2D eigenvalue weighted by Crippen LogP contribution is 2.38. The molecule has 0 amide bonds. The van der Waals surface area contributed by atoms with Crippen LogP contribution in [0.5, 0.6) is 5.75 Å². The number of fused-ring (bicyclic) bond motifs is 1. The number of aryl methyl sites for hydroxylation is 2. The first-order valence-corrected chi connectivity index (χ1v) is 12.3. The highest BCUT2D eigenvalue weighted by Gasteiger charge is 2.28. The zero-order valence-corrected chi connectivity index (χ0v) is 21.3. The smallest absolute Gasteiger partial charge is 0.316 e. The number of esters is 1. The molecule has 0 aliphatic carbocycles. The van der Waals surface area contributed by atoms with Gasteiger partial charge in [0, 0.05) is 28.6 Å². The summed E-state index contributed by atoms with van der Waals surface area (Å²) >= 11 is 3.64. The minimum Gasteiger partial charge on any atom is -0.424 e. The summed E-state index contributed by atoms with van der Waals surface area (Å²) in [6.07, 6.45) is 5.45. The number of aromatic nitrogens is 1. The molecule has 5 heteroatoms. The van der Waals surface area contributed by atoms with Crippen molar-refractivity contribution < 1.29 is 9.53 Å². The minimum atomic E-state index is -0.554. The summed E-state index contributed by atoms with van der Waals surface area (Å²) in [4.78, 5) is 18.6. The lowest BCUT2D eigenvalue weighted by Crippen LogP contribution is -2.33. The number of aromatic amines is 1. The third kappa shape index (κ3) is 4.65. The second-order valence-electron chi connectivity index (χ2n) is 10.1. The fraction of sp³-hybridized carbons (Fsp3) is 0.444. The number of ether oxygens (including phenoxy) is 1. The van der Waals surface area contributed by atoms with E-state index in [1.807, 2.05) is 27.0 Å². The van der Waals surface area contributed by atoms with Crippen LogP contribution in [-0.4, -0.2) is 22.4 Å². The van der Waals surface area contributed by atoms with Gasteiger partial charge >= 0.3 is 5.97 Å². The predicted octanol–water partition coefficient (Wildman–Crippen LogP) is 7.23. The Morgan fingerprint density at radius 3 is 2.69 bits per heavy atom. The molecule has 170 valence electrons. The van der Waals surface area contributed by atoms with Crippen LogP contribution in [-0.2, 0) is 11.3 Å². The van der Waals surface area contributed by atoms with Gasteiger partial charge in [0.25, 0.3) is 0 Å². The van der Waals surface area contributed by atoms with Gasteiger partial charge in [-0.25, -0.2) is 0 Å². The first-order valence-electron chi connectivity index (χ1n) is 11.5. The van der Waals surface area contributed by atoms with E-state index in [4.69, 9.17) is 4.74 Å². The van der Waals surface area contributed by atoms with Gasteiger partial charge in [-0.1, -0.05) is 40.5 Å². The maximum absolute atomic E-state index is 12.7. The fourth-order valence-corrected chi connectivity index (χ4v) is 5.13. The Labute approximate surface area is 199 Å². The largest absolute Gasteiger partial charge is 0.424 e. The van der Waals surface area contributed by atoms with Gasteiger partial charge < -0.3 is 9.72 Å². The third-order valence-corrected chi connectivity index (χ3v) is 6.97. The number of hydrogen-bond donors (Lipinski definition) is 1. The van der Waals surface area contributed by atoms with E-state index in [9.17, 15) is 4.79 Å². The zero-order valence-electron chi connectivity index (χ0n) is 19.7. The number of benzene rings is 2. The van der Waals surface area contributed by atoms with E-state index in [1.54, 1.807) is 0 Å². The number of hydrogen-bond acceptors (Lipinski definition) is 3. The average molecular weight is 497 g/mol. The lowest BCUT2D eigenvalue weighted by molar-refractivity contribution is -0.142. The number of carbonyl (C=O) groups excluding carboxylic acids is 1. The average Bonchev–Trinajstić information content (AvgIpc) is 3.15. The van der Waals surface area contributed by atoms with Gasteiger partial charge in [0.2, 0.25) is 0 Å². The van der Waals surface area contributed by atoms with Crippen molar-refractivity contribution >= 4 is 32.8 Å². The van der Waals surface area contributed by atoms with Crippen LogP contribution in [0.4, 0.5) is 0 Å². The molecule has 1 aromatic heterocycles. The standard InChI is InChI=1S/C27H33BrN2O2/c1-17-13-18(2)25-24(23(15-29-25)32-26(31)27(3,4)5)21(17)16-30-12-7-6-11-22(30)19-9-8-10-20(28)14-19/h8-10,13-15,22,29H,6-7,11-12,16H2,1-5H3. The van der Waals surface area contributed by atoms with E-state index in [2.05, 4.69) is 70.0 Å². The van der Waals surface area contributed by atoms with Crippen LogP contribution in [0, 0.1) is 19.3 Å². The van der Waals surface area contributed by atoms with Gasteiger partial charge in [0.15, 0.2) is 5.75 Å². The number of nitrogens with one attached hydrogen (secondary N) is 1. The van der Waals surface area contributed by atoms with E-state index < -0.39 is 5.41 Å². The first-order chi connectivity index (χ1) is 15.1. The highest BCUT2D eigenvalue weighted by molar-refractivity contribution is 9.10. The fourth-order valence-electron chi connectivity index (χ4n) is 4.71. The summed E-state index contributed by atoms with van der Waals surface area (Å²) in [6, 6.07) is 11.3. The lowest BCUT2D eigenvalue weighted by atomic mass is 9.93. The molecule has 0 radical (unpaired) electrons. The van der Waals surface area contributed by atoms with Crippen LogP contribution < -0.4 is 4.74 Å². The molecule has 3 aromatic rings. The third-order valence-electron chi connectivity index (χ3n) is 6.47. The van der Waals surface area contributed by atoms with E-state index in [0.29, 0.717) is 11.8 Å². The minimum absolute atomic E-state index is 0.214. The highest BCUT2D eigenvalue weighted by atomic mass is 79.9. The van der Waals surface area contributed by atoms with E-state index in [0.717, 1.165) is 34.9 Å². The number of rotatable bonds is 4. The molecule has 0 saturated carbocycles. The molecular weight excluding hydrogens is 464 g/mol. The summed E-state index contributed by atoms with van der Waals surface area (Å²) < 4.78 is 7.03. The predicted molar refractivity (Wildman–Crippen MR) is 134 cm³/mol. The summed E-state index contributed by atoms with van der Waals surface area (Å²) in [5.74, 6) is 0.422. The van der Waals surface area contributed by atoms with Crippen LogP contribution in [0.1, 0.15) is 68.3 Å². The second kappa shape index (κ2) is 9.03. The molecule has 4 nitrogen and oxygen atoms in total. The number of H-pyrrole nitrogens is 1. The number of nitrogens with zero attached hydrogens (tertiary/aromatic N) is 1. The van der Waals surface area contributed by atoms with Crippen molar-refractivity contribution in [2.45, 2.75) is 66.5 Å². The van der Waals surface area contributed by atoms with Crippen molar-refractivity contribution in [1.82, 2.24) is 9.88 Å². The van der Waals surface area contributed by atoms with Crippen LogP contribution in [0.3, 0.4) is 0 Å². The normalized spacial score (nSPS) is 17.6. The van der Waals surface area contributed by atoms with E-state index in [1.165, 1.54) is 35.1 Å². The van der Waals surface area contributed by atoms with Gasteiger partial charge in [-0.3, -0.25) is 9.69 Å². The summed E-state index contributed by atoms with van der Waals surface area (Å²) in [5.41, 5.74) is 5.50. The molecule has 1 aliphatic rings. The molecule has 1 saturated heterocycles. The molecule has 4 rings (SSSR count). The SMILES string of the molecule is Cc1cc(C)c2[nH]cc(OC(=O)C(C)(C)C)c2c1CN1CCCCC1c1cccc(Br)c1. The first kappa shape index (κ1) is 23.1. The molecule has 1 atom stereocenters. The molecule has 1 unspecified atom stereocenters. The maximum atomic E-state index is 12.7. The van der Waals surface area contributed by atoms with Crippen molar-refractivity contribution in [3.63, 3.8) is 0 Å².